The molecule has 0 aliphatic carbocycles. The second-order valence-corrected chi connectivity index (χ2v) is 4.91. The zero-order chi connectivity index (χ0) is 14.7. The van der Waals surface area contributed by atoms with Gasteiger partial charge in [-0.2, -0.15) is 0 Å². The zero-order valence-corrected chi connectivity index (χ0v) is 11.8. The van der Waals surface area contributed by atoms with E-state index in [4.69, 9.17) is 5.11 Å². The predicted molar refractivity (Wildman–Crippen MR) is 79.5 cm³/mol. The fraction of sp³-hybridized carbons (Fsp3) is 0.375. The molecule has 1 heterocycles. The van der Waals surface area contributed by atoms with Gasteiger partial charge in [-0.25, -0.2) is 4.79 Å². The van der Waals surface area contributed by atoms with Crippen LogP contribution in [0.25, 0.3) is 10.9 Å². The number of carboxylic acid groups (broad SMARTS) is 1. The maximum atomic E-state index is 12.1. The Balaban J connectivity index is 2.75. The standard InChI is InChI=1S/C16H19NO3/c1-3-5-8-17-14(18)7-6-12-10-13(16(19)20)9-11(4-2)15(12)17/h6-7,9-10H,3-5,8H2,1-2H3,(H,19,20). The van der Waals surface area contributed by atoms with Gasteiger partial charge in [-0.15, -0.1) is 0 Å². The average molecular weight is 273 g/mol. The van der Waals surface area contributed by atoms with Crippen molar-refractivity contribution in [2.75, 3.05) is 0 Å². The van der Waals surface area contributed by atoms with Crippen molar-refractivity contribution in [3.63, 3.8) is 0 Å². The van der Waals surface area contributed by atoms with Crippen molar-refractivity contribution >= 4 is 16.9 Å². The summed E-state index contributed by atoms with van der Waals surface area (Å²) in [6.07, 6.45) is 2.65. The van der Waals surface area contributed by atoms with Gasteiger partial charge in [-0.1, -0.05) is 20.3 Å². The minimum absolute atomic E-state index is 0.0243. The first kappa shape index (κ1) is 14.3. The number of aromatic nitrogens is 1. The number of hydrogen-bond donors (Lipinski definition) is 1. The quantitative estimate of drug-likeness (QED) is 0.910. The molecule has 0 bridgehead atoms. The van der Waals surface area contributed by atoms with Crippen LogP contribution >= 0.6 is 0 Å². The van der Waals surface area contributed by atoms with Gasteiger partial charge >= 0.3 is 5.97 Å². The minimum Gasteiger partial charge on any atom is -0.478 e. The highest BCUT2D eigenvalue weighted by Gasteiger charge is 2.12. The number of aryl methyl sites for hydroxylation is 2. The highest BCUT2D eigenvalue weighted by Crippen LogP contribution is 2.21. The summed E-state index contributed by atoms with van der Waals surface area (Å²) in [7, 11) is 0. The highest BCUT2D eigenvalue weighted by molar-refractivity contribution is 5.94. The third kappa shape index (κ3) is 2.59. The SMILES string of the molecule is CCCCn1c(=O)ccc2cc(C(=O)O)cc(CC)c21. The summed E-state index contributed by atoms with van der Waals surface area (Å²) in [5.74, 6) is -0.937. The van der Waals surface area contributed by atoms with Gasteiger partial charge in [0.15, 0.2) is 0 Å². The fourth-order valence-corrected chi connectivity index (χ4v) is 2.47. The Morgan fingerprint density at radius 3 is 2.60 bits per heavy atom. The van der Waals surface area contributed by atoms with E-state index in [1.807, 2.05) is 6.92 Å². The Bertz CT molecular complexity index is 701. The van der Waals surface area contributed by atoms with Crippen LogP contribution in [-0.4, -0.2) is 15.6 Å². The fourth-order valence-electron chi connectivity index (χ4n) is 2.47. The molecule has 20 heavy (non-hydrogen) atoms. The first-order valence-electron chi connectivity index (χ1n) is 6.98. The molecule has 2 rings (SSSR count). The van der Waals surface area contributed by atoms with Crippen LogP contribution in [-0.2, 0) is 13.0 Å². The van der Waals surface area contributed by atoms with Crippen LogP contribution in [0.5, 0.6) is 0 Å². The minimum atomic E-state index is -0.937. The van der Waals surface area contributed by atoms with Gasteiger partial charge in [0.1, 0.15) is 0 Å². The highest BCUT2D eigenvalue weighted by atomic mass is 16.4. The van der Waals surface area contributed by atoms with Crippen LogP contribution in [0.1, 0.15) is 42.6 Å². The van der Waals surface area contributed by atoms with Gasteiger partial charge in [-0.3, -0.25) is 4.79 Å². The second-order valence-electron chi connectivity index (χ2n) is 4.91. The first-order chi connectivity index (χ1) is 9.58. The normalized spacial score (nSPS) is 10.9. The molecule has 4 heteroatoms. The molecule has 0 spiro atoms. The van der Waals surface area contributed by atoms with Crippen molar-refractivity contribution < 1.29 is 9.90 Å². The number of pyridine rings is 1. The summed E-state index contributed by atoms with van der Waals surface area (Å²) < 4.78 is 1.77. The van der Waals surface area contributed by atoms with Crippen LogP contribution in [0, 0.1) is 0 Å². The molecule has 0 atom stereocenters. The number of aromatic carboxylic acids is 1. The molecular weight excluding hydrogens is 254 g/mol. The summed E-state index contributed by atoms with van der Waals surface area (Å²) in [6.45, 7) is 4.73. The molecule has 106 valence electrons. The summed E-state index contributed by atoms with van der Waals surface area (Å²) in [5.41, 5.74) is 2.03. The van der Waals surface area contributed by atoms with E-state index in [0.29, 0.717) is 13.0 Å². The number of benzene rings is 1. The smallest absolute Gasteiger partial charge is 0.335 e. The lowest BCUT2D eigenvalue weighted by molar-refractivity contribution is 0.0697. The largest absolute Gasteiger partial charge is 0.478 e. The first-order valence-corrected chi connectivity index (χ1v) is 6.98. The van der Waals surface area contributed by atoms with E-state index in [0.717, 1.165) is 29.3 Å². The molecule has 1 aromatic heterocycles. The molecule has 0 aliphatic heterocycles. The Kier molecular flexibility index (Phi) is 4.23. The number of fused-ring (bicyclic) bond motifs is 1. The van der Waals surface area contributed by atoms with Gasteiger partial charge in [0, 0.05) is 12.6 Å². The second kappa shape index (κ2) is 5.90. The lowest BCUT2D eigenvalue weighted by Gasteiger charge is -2.14. The number of hydrogen-bond acceptors (Lipinski definition) is 2. The maximum Gasteiger partial charge on any atom is 0.335 e. The van der Waals surface area contributed by atoms with E-state index in [1.165, 1.54) is 6.07 Å². The predicted octanol–water partition coefficient (Wildman–Crippen LogP) is 3.06. The lowest BCUT2D eigenvalue weighted by Crippen LogP contribution is -2.20. The van der Waals surface area contributed by atoms with Crippen molar-refractivity contribution in [2.24, 2.45) is 0 Å². The number of rotatable bonds is 5. The molecule has 1 N–H and O–H groups in total. The van der Waals surface area contributed by atoms with Crippen LogP contribution in [0.2, 0.25) is 0 Å². The van der Waals surface area contributed by atoms with E-state index in [2.05, 4.69) is 6.92 Å². The number of nitrogens with zero attached hydrogens (tertiary/aromatic N) is 1. The van der Waals surface area contributed by atoms with E-state index >= 15 is 0 Å². The van der Waals surface area contributed by atoms with Crippen molar-refractivity contribution in [3.05, 3.63) is 45.7 Å². The maximum absolute atomic E-state index is 12.1. The van der Waals surface area contributed by atoms with Crippen molar-refractivity contribution in [3.8, 4) is 0 Å². The summed E-state index contributed by atoms with van der Waals surface area (Å²) in [4.78, 5) is 23.2. The Hall–Kier alpha value is -2.10. The molecule has 0 saturated heterocycles. The zero-order valence-electron chi connectivity index (χ0n) is 11.8. The molecule has 0 aliphatic rings. The van der Waals surface area contributed by atoms with Gasteiger partial charge in [0.2, 0.25) is 0 Å². The van der Waals surface area contributed by atoms with Gasteiger partial charge in [-0.05, 0) is 42.0 Å². The molecule has 0 amide bonds. The van der Waals surface area contributed by atoms with E-state index in [-0.39, 0.29) is 11.1 Å². The Labute approximate surface area is 117 Å². The van der Waals surface area contributed by atoms with E-state index in [1.54, 1.807) is 22.8 Å². The topological polar surface area (TPSA) is 59.3 Å². The molecule has 0 radical (unpaired) electrons. The summed E-state index contributed by atoms with van der Waals surface area (Å²) in [6, 6.07) is 6.54. The molecule has 2 aromatic rings. The van der Waals surface area contributed by atoms with E-state index < -0.39 is 5.97 Å². The Morgan fingerprint density at radius 2 is 2.00 bits per heavy atom. The van der Waals surface area contributed by atoms with Gasteiger partial charge in [0.25, 0.3) is 5.56 Å². The van der Waals surface area contributed by atoms with Crippen molar-refractivity contribution in [1.82, 2.24) is 4.57 Å². The third-order valence-electron chi connectivity index (χ3n) is 3.52. The van der Waals surface area contributed by atoms with E-state index in [9.17, 15) is 9.59 Å². The van der Waals surface area contributed by atoms with Crippen LogP contribution in [0.3, 0.4) is 0 Å². The van der Waals surface area contributed by atoms with Crippen LogP contribution in [0.4, 0.5) is 0 Å². The molecule has 1 aromatic carbocycles. The van der Waals surface area contributed by atoms with Crippen LogP contribution in [0.15, 0.2) is 29.1 Å². The van der Waals surface area contributed by atoms with Crippen molar-refractivity contribution in [2.45, 2.75) is 39.7 Å². The molecular formula is C16H19NO3. The number of carboxylic acids is 1. The number of carbonyl (C=O) groups is 1. The average Bonchev–Trinajstić information content (AvgIpc) is 2.45. The van der Waals surface area contributed by atoms with Gasteiger partial charge < -0.3 is 9.67 Å². The third-order valence-corrected chi connectivity index (χ3v) is 3.52. The van der Waals surface area contributed by atoms with Gasteiger partial charge in [0.05, 0.1) is 11.1 Å². The molecule has 0 unspecified atom stereocenters. The van der Waals surface area contributed by atoms with Crippen LogP contribution < -0.4 is 5.56 Å². The Morgan fingerprint density at radius 1 is 1.25 bits per heavy atom. The summed E-state index contributed by atoms with van der Waals surface area (Å²) >= 11 is 0. The summed E-state index contributed by atoms with van der Waals surface area (Å²) in [5, 5.41) is 9.98. The molecule has 0 saturated carbocycles. The molecule has 4 nitrogen and oxygen atoms in total. The molecule has 0 fully saturated rings. The lowest BCUT2D eigenvalue weighted by atomic mass is 10.0. The monoisotopic (exact) mass is 273 g/mol. The van der Waals surface area contributed by atoms with Crippen molar-refractivity contribution in [1.29, 1.82) is 0 Å². The number of unbranched alkanes of at least 4 members (excludes halogenated alkanes) is 1.